The zero-order valence-corrected chi connectivity index (χ0v) is 16.1. The quantitative estimate of drug-likeness (QED) is 0.395. The SMILES string of the molecule is CN=C(NCc1ccc(OCCCN(C)C)cc1)NCc1ncnn1C. The number of aryl methyl sites for hydroxylation is 1. The van der Waals surface area contributed by atoms with E-state index in [1.54, 1.807) is 11.7 Å². The second-order valence-electron chi connectivity index (χ2n) is 6.23. The maximum absolute atomic E-state index is 5.75. The summed E-state index contributed by atoms with van der Waals surface area (Å²) in [7, 11) is 7.75. The lowest BCUT2D eigenvalue weighted by Gasteiger charge is -2.12. The van der Waals surface area contributed by atoms with Crippen LogP contribution in [0.4, 0.5) is 0 Å². The zero-order valence-electron chi connectivity index (χ0n) is 16.1. The van der Waals surface area contributed by atoms with Crippen LogP contribution in [0.3, 0.4) is 0 Å². The Morgan fingerprint density at radius 3 is 2.54 bits per heavy atom. The van der Waals surface area contributed by atoms with Crippen molar-refractivity contribution in [3.63, 3.8) is 0 Å². The van der Waals surface area contributed by atoms with Crippen LogP contribution in [0.5, 0.6) is 5.75 Å². The fraction of sp³-hybridized carbons (Fsp3) is 0.500. The summed E-state index contributed by atoms with van der Waals surface area (Å²) < 4.78 is 7.48. The van der Waals surface area contributed by atoms with E-state index in [1.807, 2.05) is 19.2 Å². The summed E-state index contributed by atoms with van der Waals surface area (Å²) in [6, 6.07) is 8.12. The molecule has 0 radical (unpaired) electrons. The van der Waals surface area contributed by atoms with Crippen molar-refractivity contribution in [3.05, 3.63) is 42.0 Å². The number of benzene rings is 1. The molecule has 8 heteroatoms. The minimum absolute atomic E-state index is 0.565. The number of guanidine groups is 1. The van der Waals surface area contributed by atoms with E-state index < -0.39 is 0 Å². The highest BCUT2D eigenvalue weighted by Gasteiger charge is 2.03. The van der Waals surface area contributed by atoms with Crippen molar-refractivity contribution >= 4 is 5.96 Å². The molecule has 1 aromatic carbocycles. The molecule has 0 aliphatic carbocycles. The van der Waals surface area contributed by atoms with Crippen molar-refractivity contribution < 1.29 is 4.74 Å². The van der Waals surface area contributed by atoms with Gasteiger partial charge in [0, 0.05) is 27.2 Å². The third-order valence-electron chi connectivity index (χ3n) is 3.84. The van der Waals surface area contributed by atoms with Gasteiger partial charge in [0.25, 0.3) is 0 Å². The Hall–Kier alpha value is -2.61. The molecule has 0 aliphatic rings. The summed E-state index contributed by atoms with van der Waals surface area (Å²) in [5.41, 5.74) is 1.16. The first kappa shape index (κ1) is 19.7. The smallest absolute Gasteiger partial charge is 0.191 e. The van der Waals surface area contributed by atoms with Gasteiger partial charge >= 0.3 is 0 Å². The highest BCUT2D eigenvalue weighted by molar-refractivity contribution is 5.79. The van der Waals surface area contributed by atoms with Gasteiger partial charge in [-0.3, -0.25) is 9.67 Å². The molecule has 0 atom stereocenters. The Kier molecular flexibility index (Phi) is 7.88. The van der Waals surface area contributed by atoms with E-state index in [2.05, 4.69) is 56.8 Å². The van der Waals surface area contributed by atoms with Gasteiger partial charge < -0.3 is 20.3 Å². The van der Waals surface area contributed by atoms with E-state index in [-0.39, 0.29) is 0 Å². The summed E-state index contributed by atoms with van der Waals surface area (Å²) in [5, 5.41) is 10.6. The van der Waals surface area contributed by atoms with Crippen LogP contribution < -0.4 is 15.4 Å². The van der Waals surface area contributed by atoms with Gasteiger partial charge in [-0.2, -0.15) is 5.10 Å². The Morgan fingerprint density at radius 1 is 1.19 bits per heavy atom. The number of hydrogen-bond donors (Lipinski definition) is 2. The van der Waals surface area contributed by atoms with Gasteiger partial charge in [-0.15, -0.1) is 0 Å². The first-order chi connectivity index (χ1) is 12.6. The number of nitrogens with zero attached hydrogens (tertiary/aromatic N) is 5. The maximum Gasteiger partial charge on any atom is 0.191 e. The minimum atomic E-state index is 0.565. The molecule has 0 amide bonds. The molecule has 8 nitrogen and oxygen atoms in total. The number of aromatic nitrogens is 3. The predicted octanol–water partition coefficient (Wildman–Crippen LogP) is 1.01. The highest BCUT2D eigenvalue weighted by atomic mass is 16.5. The molecule has 0 saturated carbocycles. The van der Waals surface area contributed by atoms with Gasteiger partial charge in [0.15, 0.2) is 5.96 Å². The lowest BCUT2D eigenvalue weighted by molar-refractivity contribution is 0.281. The van der Waals surface area contributed by atoms with Crippen molar-refractivity contribution in [3.8, 4) is 5.75 Å². The second kappa shape index (κ2) is 10.4. The second-order valence-corrected chi connectivity index (χ2v) is 6.23. The van der Waals surface area contributed by atoms with Crippen molar-refractivity contribution in [1.29, 1.82) is 0 Å². The van der Waals surface area contributed by atoms with E-state index in [1.165, 1.54) is 6.33 Å². The molecule has 2 N–H and O–H groups in total. The Balaban J connectivity index is 1.73. The molecule has 0 aliphatic heterocycles. The number of rotatable bonds is 9. The maximum atomic E-state index is 5.75. The standard InChI is InChI=1S/C18H29N7O/c1-19-18(21-13-17-22-14-23-25(17)4)20-12-15-6-8-16(9-7-15)26-11-5-10-24(2)3/h6-9,14H,5,10-13H2,1-4H3,(H2,19,20,21). The van der Waals surface area contributed by atoms with Crippen LogP contribution in [-0.4, -0.2) is 59.9 Å². The van der Waals surface area contributed by atoms with Gasteiger partial charge in [0.2, 0.25) is 0 Å². The average Bonchev–Trinajstić information content (AvgIpc) is 3.05. The zero-order chi connectivity index (χ0) is 18.8. The first-order valence-electron chi connectivity index (χ1n) is 8.72. The van der Waals surface area contributed by atoms with E-state index in [0.29, 0.717) is 13.1 Å². The number of aliphatic imine (C=N–C) groups is 1. The molecule has 26 heavy (non-hydrogen) atoms. The number of hydrogen-bond acceptors (Lipinski definition) is 5. The monoisotopic (exact) mass is 359 g/mol. The third kappa shape index (κ3) is 6.72. The van der Waals surface area contributed by atoms with Crippen LogP contribution in [0.1, 0.15) is 17.8 Å². The molecule has 1 aromatic heterocycles. The molecule has 2 aromatic rings. The molecule has 0 spiro atoms. The van der Waals surface area contributed by atoms with Crippen LogP contribution >= 0.6 is 0 Å². The van der Waals surface area contributed by atoms with E-state index in [9.17, 15) is 0 Å². The molecule has 0 fully saturated rings. The minimum Gasteiger partial charge on any atom is -0.494 e. The normalized spacial score (nSPS) is 11.7. The van der Waals surface area contributed by atoms with Crippen LogP contribution in [0.25, 0.3) is 0 Å². The fourth-order valence-corrected chi connectivity index (χ4v) is 2.32. The van der Waals surface area contributed by atoms with Gasteiger partial charge in [0.05, 0.1) is 13.2 Å². The number of nitrogens with one attached hydrogen (secondary N) is 2. The highest BCUT2D eigenvalue weighted by Crippen LogP contribution is 2.12. The lowest BCUT2D eigenvalue weighted by Crippen LogP contribution is -2.36. The molecule has 2 rings (SSSR count). The van der Waals surface area contributed by atoms with Crippen LogP contribution in [0.2, 0.25) is 0 Å². The molecule has 142 valence electrons. The molecular weight excluding hydrogens is 330 g/mol. The topological polar surface area (TPSA) is 79.6 Å². The average molecular weight is 359 g/mol. The first-order valence-corrected chi connectivity index (χ1v) is 8.72. The Labute approximate surface area is 155 Å². The van der Waals surface area contributed by atoms with Crippen LogP contribution in [-0.2, 0) is 20.1 Å². The van der Waals surface area contributed by atoms with Crippen molar-refractivity contribution in [2.75, 3.05) is 34.3 Å². The summed E-state index contributed by atoms with van der Waals surface area (Å²) >= 11 is 0. The summed E-state index contributed by atoms with van der Waals surface area (Å²) in [6.45, 7) is 3.01. The Morgan fingerprint density at radius 2 is 1.92 bits per heavy atom. The van der Waals surface area contributed by atoms with Crippen LogP contribution in [0, 0.1) is 0 Å². The summed E-state index contributed by atoms with van der Waals surface area (Å²) in [4.78, 5) is 10.6. The molecule has 0 unspecified atom stereocenters. The van der Waals surface area contributed by atoms with Crippen LogP contribution in [0.15, 0.2) is 35.6 Å². The van der Waals surface area contributed by atoms with Crippen molar-refractivity contribution in [2.24, 2.45) is 12.0 Å². The van der Waals surface area contributed by atoms with E-state index >= 15 is 0 Å². The predicted molar refractivity (Wildman–Crippen MR) is 103 cm³/mol. The Bertz CT molecular complexity index is 679. The summed E-state index contributed by atoms with van der Waals surface area (Å²) in [6.07, 6.45) is 2.56. The molecular formula is C18H29N7O. The van der Waals surface area contributed by atoms with Gasteiger partial charge in [-0.05, 0) is 38.2 Å². The van der Waals surface area contributed by atoms with Crippen molar-refractivity contribution in [2.45, 2.75) is 19.5 Å². The fourth-order valence-electron chi connectivity index (χ4n) is 2.32. The molecule has 0 bridgehead atoms. The van der Waals surface area contributed by atoms with Gasteiger partial charge in [-0.1, -0.05) is 12.1 Å². The molecule has 0 saturated heterocycles. The van der Waals surface area contributed by atoms with Gasteiger partial charge in [0.1, 0.15) is 17.9 Å². The van der Waals surface area contributed by atoms with E-state index in [4.69, 9.17) is 4.74 Å². The largest absolute Gasteiger partial charge is 0.494 e. The third-order valence-corrected chi connectivity index (χ3v) is 3.84. The molecule has 1 heterocycles. The van der Waals surface area contributed by atoms with E-state index in [0.717, 1.165) is 42.7 Å². The van der Waals surface area contributed by atoms with Gasteiger partial charge in [-0.25, -0.2) is 4.98 Å². The number of ether oxygens (including phenoxy) is 1. The van der Waals surface area contributed by atoms with Crippen molar-refractivity contribution in [1.82, 2.24) is 30.3 Å². The summed E-state index contributed by atoms with van der Waals surface area (Å²) in [5.74, 6) is 2.47. The lowest BCUT2D eigenvalue weighted by atomic mass is 10.2.